The number of benzene rings is 2. The van der Waals surface area contributed by atoms with Gasteiger partial charge in [0.15, 0.2) is 0 Å². The highest BCUT2D eigenvalue weighted by Gasteiger charge is 2.12. The average molecular weight is 343 g/mol. The maximum Gasteiger partial charge on any atom is 0.262 e. The van der Waals surface area contributed by atoms with Gasteiger partial charge in [-0.25, -0.2) is 13.8 Å². The Morgan fingerprint density at radius 2 is 2.00 bits per heavy atom. The number of nitriles is 1. The van der Waals surface area contributed by atoms with Gasteiger partial charge in [0.1, 0.15) is 24.0 Å². The minimum absolute atomic E-state index is 0.140. The van der Waals surface area contributed by atoms with Crippen LogP contribution < -0.4 is 5.56 Å². The normalized spacial score (nSPS) is 10.7. The molecule has 0 radical (unpaired) electrons. The molecule has 120 valence electrons. The van der Waals surface area contributed by atoms with Crippen molar-refractivity contribution in [1.82, 2.24) is 9.55 Å². The van der Waals surface area contributed by atoms with Crippen molar-refractivity contribution in [2.75, 3.05) is 0 Å². The molecule has 7 heteroatoms. The van der Waals surface area contributed by atoms with E-state index in [0.717, 1.165) is 17.8 Å². The fourth-order valence-corrected chi connectivity index (χ4v) is 3.16. The molecule has 1 aromatic heterocycles. The fraction of sp³-hybridized carbons (Fsp3) is 0.118. The number of aromatic nitrogens is 2. The molecule has 0 amide bonds. The molecule has 0 atom stereocenters. The van der Waals surface area contributed by atoms with E-state index in [9.17, 15) is 13.6 Å². The Bertz CT molecular complexity index is 1010. The van der Waals surface area contributed by atoms with Crippen LogP contribution in [0.1, 0.15) is 5.82 Å². The van der Waals surface area contributed by atoms with E-state index in [-0.39, 0.29) is 22.8 Å². The van der Waals surface area contributed by atoms with Crippen LogP contribution in [0.4, 0.5) is 8.78 Å². The third-order valence-corrected chi connectivity index (χ3v) is 4.46. The maximum absolute atomic E-state index is 13.7. The summed E-state index contributed by atoms with van der Waals surface area (Å²) >= 11 is 1.09. The van der Waals surface area contributed by atoms with Crippen LogP contribution in [0.5, 0.6) is 0 Å². The molecule has 0 fully saturated rings. The Kier molecular flexibility index (Phi) is 4.58. The molecule has 4 nitrogen and oxygen atoms in total. The summed E-state index contributed by atoms with van der Waals surface area (Å²) in [6, 6.07) is 12.1. The molecular formula is C17H11F2N3OS. The van der Waals surface area contributed by atoms with E-state index in [1.54, 1.807) is 24.3 Å². The van der Waals surface area contributed by atoms with Crippen molar-refractivity contribution < 1.29 is 8.78 Å². The van der Waals surface area contributed by atoms with Gasteiger partial charge in [-0.05, 0) is 24.3 Å². The molecule has 2 aromatic carbocycles. The van der Waals surface area contributed by atoms with Crippen molar-refractivity contribution >= 4 is 22.7 Å². The first-order valence-corrected chi connectivity index (χ1v) is 8.02. The molecule has 0 aliphatic rings. The second-order valence-corrected chi connectivity index (χ2v) is 5.98. The van der Waals surface area contributed by atoms with E-state index in [2.05, 4.69) is 4.98 Å². The van der Waals surface area contributed by atoms with E-state index in [1.165, 1.54) is 16.7 Å². The molecule has 0 aliphatic heterocycles. The van der Waals surface area contributed by atoms with E-state index in [0.29, 0.717) is 16.7 Å². The number of rotatable bonds is 4. The summed E-state index contributed by atoms with van der Waals surface area (Å²) in [7, 11) is 0. The first-order chi connectivity index (χ1) is 11.6. The monoisotopic (exact) mass is 343 g/mol. The topological polar surface area (TPSA) is 58.7 Å². The minimum atomic E-state index is -0.671. The zero-order valence-corrected chi connectivity index (χ0v) is 13.2. The lowest BCUT2D eigenvalue weighted by Crippen LogP contribution is -2.24. The first-order valence-electron chi connectivity index (χ1n) is 7.03. The number of hydrogen-bond acceptors (Lipinski definition) is 4. The molecule has 0 saturated carbocycles. The van der Waals surface area contributed by atoms with Crippen molar-refractivity contribution in [3.05, 3.63) is 70.3 Å². The van der Waals surface area contributed by atoms with E-state index in [4.69, 9.17) is 5.26 Å². The van der Waals surface area contributed by atoms with Crippen molar-refractivity contribution in [1.29, 1.82) is 5.26 Å². The van der Waals surface area contributed by atoms with Crippen LogP contribution in [0, 0.1) is 23.0 Å². The van der Waals surface area contributed by atoms with Crippen LogP contribution in [0.3, 0.4) is 0 Å². The molecule has 0 unspecified atom stereocenters. The van der Waals surface area contributed by atoms with Crippen molar-refractivity contribution in [2.45, 2.75) is 17.2 Å². The predicted octanol–water partition coefficient (Wildman–Crippen LogP) is 3.49. The highest BCUT2D eigenvalue weighted by Crippen LogP contribution is 2.25. The number of thioether (sulfide) groups is 1. The number of halogens is 2. The van der Waals surface area contributed by atoms with Gasteiger partial charge in [0.25, 0.3) is 5.56 Å². The maximum atomic E-state index is 13.7. The second kappa shape index (κ2) is 6.81. The van der Waals surface area contributed by atoms with Gasteiger partial charge in [-0.2, -0.15) is 5.26 Å². The van der Waals surface area contributed by atoms with Crippen LogP contribution in [0.15, 0.2) is 52.2 Å². The summed E-state index contributed by atoms with van der Waals surface area (Å²) in [6.07, 6.45) is 0. The third-order valence-electron chi connectivity index (χ3n) is 3.42. The van der Waals surface area contributed by atoms with Crippen LogP contribution >= 0.6 is 11.8 Å². The summed E-state index contributed by atoms with van der Waals surface area (Å²) in [5.74, 6) is -0.768. The SMILES string of the molecule is N#CCn1c(CSc2ccc(F)cc2F)nc2ccccc2c1=O. The zero-order valence-electron chi connectivity index (χ0n) is 12.4. The standard InChI is InChI=1S/C17H11F2N3OS/c18-11-5-6-15(13(19)9-11)24-10-16-21-14-4-2-1-3-12(14)17(23)22(16)8-7-20/h1-6,9H,8,10H2. The van der Waals surface area contributed by atoms with Crippen LogP contribution in [-0.2, 0) is 12.3 Å². The van der Waals surface area contributed by atoms with Crippen LogP contribution in [0.25, 0.3) is 10.9 Å². The Morgan fingerprint density at radius 1 is 1.21 bits per heavy atom. The molecule has 24 heavy (non-hydrogen) atoms. The molecule has 0 N–H and O–H groups in total. The average Bonchev–Trinajstić information content (AvgIpc) is 2.57. The molecule has 0 saturated heterocycles. The Morgan fingerprint density at radius 3 is 2.75 bits per heavy atom. The molecular weight excluding hydrogens is 332 g/mol. The quantitative estimate of drug-likeness (QED) is 0.681. The predicted molar refractivity (Wildman–Crippen MR) is 87.5 cm³/mol. The van der Waals surface area contributed by atoms with E-state index < -0.39 is 11.6 Å². The van der Waals surface area contributed by atoms with Gasteiger partial charge in [0.05, 0.1) is 22.7 Å². The van der Waals surface area contributed by atoms with Gasteiger partial charge < -0.3 is 0 Å². The number of para-hydroxylation sites is 1. The highest BCUT2D eigenvalue weighted by molar-refractivity contribution is 7.98. The molecule has 3 rings (SSSR count). The van der Waals surface area contributed by atoms with Crippen LogP contribution in [0.2, 0.25) is 0 Å². The lowest BCUT2D eigenvalue weighted by molar-refractivity contribution is 0.565. The van der Waals surface area contributed by atoms with Gasteiger partial charge in [0.2, 0.25) is 0 Å². The third kappa shape index (κ3) is 3.14. The first kappa shape index (κ1) is 16.1. The largest absolute Gasteiger partial charge is 0.281 e. The lowest BCUT2D eigenvalue weighted by Gasteiger charge is -2.11. The number of nitrogens with zero attached hydrogens (tertiary/aromatic N) is 3. The Labute approximate surface area is 140 Å². The fourth-order valence-electron chi connectivity index (χ4n) is 2.29. The van der Waals surface area contributed by atoms with Crippen molar-refractivity contribution in [3.8, 4) is 6.07 Å². The Hall–Kier alpha value is -2.72. The summed E-state index contributed by atoms with van der Waals surface area (Å²) in [5.41, 5.74) is 0.212. The summed E-state index contributed by atoms with van der Waals surface area (Å²) < 4.78 is 28.0. The molecule has 0 spiro atoms. The van der Waals surface area contributed by atoms with Gasteiger partial charge in [-0.1, -0.05) is 12.1 Å². The van der Waals surface area contributed by atoms with Gasteiger partial charge in [-0.3, -0.25) is 9.36 Å². The molecule has 0 aliphatic carbocycles. The number of fused-ring (bicyclic) bond motifs is 1. The Balaban J connectivity index is 2.00. The molecule has 1 heterocycles. The van der Waals surface area contributed by atoms with E-state index >= 15 is 0 Å². The minimum Gasteiger partial charge on any atom is -0.281 e. The summed E-state index contributed by atoms with van der Waals surface area (Å²) in [6.45, 7) is -0.140. The lowest BCUT2D eigenvalue weighted by atomic mass is 10.2. The molecule has 3 aromatic rings. The highest BCUT2D eigenvalue weighted by atomic mass is 32.2. The van der Waals surface area contributed by atoms with Gasteiger partial charge >= 0.3 is 0 Å². The smallest absolute Gasteiger partial charge is 0.262 e. The van der Waals surface area contributed by atoms with E-state index in [1.807, 2.05) is 6.07 Å². The summed E-state index contributed by atoms with van der Waals surface area (Å²) in [5, 5.41) is 9.38. The van der Waals surface area contributed by atoms with Gasteiger partial charge in [-0.15, -0.1) is 11.8 Å². The second-order valence-electron chi connectivity index (χ2n) is 4.96. The van der Waals surface area contributed by atoms with Gasteiger partial charge in [0, 0.05) is 11.0 Å². The summed E-state index contributed by atoms with van der Waals surface area (Å²) in [4.78, 5) is 17.2. The van der Waals surface area contributed by atoms with Crippen molar-refractivity contribution in [2.24, 2.45) is 0 Å². The van der Waals surface area contributed by atoms with Crippen molar-refractivity contribution in [3.63, 3.8) is 0 Å². The zero-order chi connectivity index (χ0) is 17.1. The number of hydrogen-bond donors (Lipinski definition) is 0. The van der Waals surface area contributed by atoms with Crippen LogP contribution in [-0.4, -0.2) is 9.55 Å². The molecule has 0 bridgehead atoms.